The molecule has 102 valence electrons. The van der Waals surface area contributed by atoms with Crippen LogP contribution in [0.15, 0.2) is 22.7 Å². The molecule has 0 spiro atoms. The molecule has 1 N–H and O–H groups in total. The van der Waals surface area contributed by atoms with Gasteiger partial charge in [0.2, 0.25) is 0 Å². The molecule has 0 saturated carbocycles. The molecular weight excluding hydrogens is 250 g/mol. The molecule has 0 aliphatic carbocycles. The molecule has 3 nitrogen and oxygen atoms in total. The molecule has 0 saturated heterocycles. The summed E-state index contributed by atoms with van der Waals surface area (Å²) in [6.07, 6.45) is 0. The van der Waals surface area contributed by atoms with Gasteiger partial charge in [-0.1, -0.05) is 5.16 Å². The van der Waals surface area contributed by atoms with Crippen LogP contribution in [0.5, 0.6) is 0 Å². The zero-order valence-corrected chi connectivity index (χ0v) is 11.1. The highest BCUT2D eigenvalue weighted by Gasteiger charge is 2.12. The molecule has 0 amide bonds. The number of nitrogens with zero attached hydrogens (tertiary/aromatic N) is 1. The third kappa shape index (κ3) is 3.17. The summed E-state index contributed by atoms with van der Waals surface area (Å²) in [5.74, 6) is -0.385. The molecule has 0 radical (unpaired) electrons. The maximum atomic E-state index is 13.1. The van der Waals surface area contributed by atoms with Crippen molar-refractivity contribution in [1.82, 2.24) is 10.5 Å². The van der Waals surface area contributed by atoms with Crippen molar-refractivity contribution in [1.29, 1.82) is 0 Å². The average Bonchev–Trinajstić information content (AvgIpc) is 2.65. The van der Waals surface area contributed by atoms with E-state index in [-0.39, 0.29) is 6.04 Å². The first kappa shape index (κ1) is 13.7. The lowest BCUT2D eigenvalue weighted by Gasteiger charge is -2.14. The zero-order chi connectivity index (χ0) is 14.0. The molecule has 1 aromatic heterocycles. The van der Waals surface area contributed by atoms with E-state index in [2.05, 4.69) is 10.5 Å². The Kier molecular flexibility index (Phi) is 3.95. The predicted molar refractivity (Wildman–Crippen MR) is 67.6 cm³/mol. The lowest BCUT2D eigenvalue weighted by Crippen LogP contribution is -2.19. The Balaban J connectivity index is 2.07. The van der Waals surface area contributed by atoms with E-state index in [1.165, 1.54) is 12.1 Å². The average molecular weight is 266 g/mol. The molecule has 1 heterocycles. The Morgan fingerprint density at radius 3 is 2.37 bits per heavy atom. The zero-order valence-electron chi connectivity index (χ0n) is 11.1. The van der Waals surface area contributed by atoms with Gasteiger partial charge in [0, 0.05) is 24.2 Å². The Bertz CT molecular complexity index is 541. The Morgan fingerprint density at radius 1 is 1.21 bits per heavy atom. The van der Waals surface area contributed by atoms with Crippen molar-refractivity contribution in [3.8, 4) is 0 Å². The number of benzene rings is 1. The first-order valence-corrected chi connectivity index (χ1v) is 6.08. The van der Waals surface area contributed by atoms with Crippen molar-refractivity contribution in [2.45, 2.75) is 33.4 Å². The molecule has 1 aromatic carbocycles. The van der Waals surface area contributed by atoms with E-state index >= 15 is 0 Å². The predicted octanol–water partition coefficient (Wildman–Crippen LogP) is 3.42. The molecule has 2 rings (SSSR count). The number of aryl methyl sites for hydroxylation is 2. The van der Waals surface area contributed by atoms with Gasteiger partial charge < -0.3 is 9.84 Å². The van der Waals surface area contributed by atoms with Crippen LogP contribution in [-0.4, -0.2) is 5.16 Å². The second kappa shape index (κ2) is 5.48. The molecule has 2 aromatic rings. The van der Waals surface area contributed by atoms with Crippen molar-refractivity contribution in [3.63, 3.8) is 0 Å². The van der Waals surface area contributed by atoms with Gasteiger partial charge in [-0.05, 0) is 38.5 Å². The van der Waals surface area contributed by atoms with E-state index < -0.39 is 11.6 Å². The third-order valence-corrected chi connectivity index (χ3v) is 3.15. The van der Waals surface area contributed by atoms with E-state index in [1.54, 1.807) is 0 Å². The normalized spacial score (nSPS) is 12.7. The number of rotatable bonds is 4. The smallest absolute Gasteiger partial charge is 0.138 e. The van der Waals surface area contributed by atoms with E-state index in [9.17, 15) is 8.78 Å². The molecule has 0 aliphatic rings. The number of halogens is 2. The molecule has 1 atom stereocenters. The molecule has 19 heavy (non-hydrogen) atoms. The maximum absolute atomic E-state index is 13.1. The van der Waals surface area contributed by atoms with Crippen LogP contribution in [0.3, 0.4) is 0 Å². The molecule has 0 aliphatic heterocycles. The van der Waals surface area contributed by atoms with Crippen LogP contribution < -0.4 is 5.32 Å². The van der Waals surface area contributed by atoms with Crippen molar-refractivity contribution in [2.24, 2.45) is 0 Å². The SMILES string of the molecule is Cc1noc(C)c1CNC(C)c1cc(F)cc(F)c1. The third-order valence-electron chi connectivity index (χ3n) is 3.15. The highest BCUT2D eigenvalue weighted by Crippen LogP contribution is 2.18. The van der Waals surface area contributed by atoms with E-state index in [0.29, 0.717) is 12.1 Å². The summed E-state index contributed by atoms with van der Waals surface area (Å²) in [4.78, 5) is 0. The lowest BCUT2D eigenvalue weighted by molar-refractivity contribution is 0.391. The van der Waals surface area contributed by atoms with Crippen molar-refractivity contribution >= 4 is 0 Å². The Labute approximate surface area is 110 Å². The van der Waals surface area contributed by atoms with Gasteiger partial charge in [-0.15, -0.1) is 0 Å². The fourth-order valence-corrected chi connectivity index (χ4v) is 1.95. The number of hydrogen-bond acceptors (Lipinski definition) is 3. The second-order valence-corrected chi connectivity index (χ2v) is 4.61. The largest absolute Gasteiger partial charge is 0.361 e. The van der Waals surface area contributed by atoms with Crippen LogP contribution in [0, 0.1) is 25.5 Å². The van der Waals surface area contributed by atoms with Crippen LogP contribution >= 0.6 is 0 Å². The summed E-state index contributed by atoms with van der Waals surface area (Å²) in [5, 5.41) is 7.06. The minimum absolute atomic E-state index is 0.168. The summed E-state index contributed by atoms with van der Waals surface area (Å²) in [6.45, 7) is 6.09. The Morgan fingerprint density at radius 2 is 1.84 bits per heavy atom. The van der Waals surface area contributed by atoms with Crippen LogP contribution in [0.4, 0.5) is 8.78 Å². The molecule has 0 fully saturated rings. The summed E-state index contributed by atoms with van der Waals surface area (Å²) < 4.78 is 31.3. The standard InChI is InChI=1S/C14H16F2N2O/c1-8(11-4-12(15)6-13(16)5-11)17-7-14-9(2)18-19-10(14)3/h4-6,8,17H,7H2,1-3H3. The number of nitrogens with one attached hydrogen (secondary N) is 1. The Hall–Kier alpha value is -1.75. The summed E-state index contributed by atoms with van der Waals surface area (Å²) in [7, 11) is 0. The van der Waals surface area contributed by atoms with Gasteiger partial charge in [0.25, 0.3) is 0 Å². The van der Waals surface area contributed by atoms with Crippen molar-refractivity contribution in [2.75, 3.05) is 0 Å². The fraction of sp³-hybridized carbons (Fsp3) is 0.357. The van der Waals surface area contributed by atoms with Gasteiger partial charge in [0.05, 0.1) is 5.69 Å². The second-order valence-electron chi connectivity index (χ2n) is 4.61. The number of hydrogen-bond donors (Lipinski definition) is 1. The van der Waals surface area contributed by atoms with E-state index in [4.69, 9.17) is 4.52 Å². The first-order valence-electron chi connectivity index (χ1n) is 6.08. The van der Waals surface area contributed by atoms with Crippen molar-refractivity contribution in [3.05, 3.63) is 52.4 Å². The summed E-state index contributed by atoms with van der Waals surface area (Å²) in [6, 6.07) is 3.35. The highest BCUT2D eigenvalue weighted by molar-refractivity contribution is 5.23. The monoisotopic (exact) mass is 266 g/mol. The summed E-state index contributed by atoms with van der Waals surface area (Å²) in [5.41, 5.74) is 2.37. The number of aromatic nitrogens is 1. The van der Waals surface area contributed by atoms with E-state index in [1.807, 2.05) is 20.8 Å². The summed E-state index contributed by atoms with van der Waals surface area (Å²) >= 11 is 0. The highest BCUT2D eigenvalue weighted by atomic mass is 19.1. The quantitative estimate of drug-likeness (QED) is 0.921. The minimum Gasteiger partial charge on any atom is -0.361 e. The molecule has 5 heteroatoms. The minimum atomic E-state index is -0.569. The van der Waals surface area contributed by atoms with Gasteiger partial charge in [-0.25, -0.2) is 8.78 Å². The van der Waals surface area contributed by atoms with Crippen LogP contribution in [0.25, 0.3) is 0 Å². The lowest BCUT2D eigenvalue weighted by atomic mass is 10.1. The van der Waals surface area contributed by atoms with E-state index in [0.717, 1.165) is 23.1 Å². The van der Waals surface area contributed by atoms with Gasteiger partial charge in [-0.3, -0.25) is 0 Å². The first-order chi connectivity index (χ1) is 8.97. The van der Waals surface area contributed by atoms with Gasteiger partial charge in [-0.2, -0.15) is 0 Å². The molecule has 0 bridgehead atoms. The maximum Gasteiger partial charge on any atom is 0.138 e. The van der Waals surface area contributed by atoms with Crippen LogP contribution in [-0.2, 0) is 6.54 Å². The molecule has 1 unspecified atom stereocenters. The van der Waals surface area contributed by atoms with Gasteiger partial charge in [0.15, 0.2) is 0 Å². The van der Waals surface area contributed by atoms with Crippen LogP contribution in [0.1, 0.15) is 35.5 Å². The van der Waals surface area contributed by atoms with Crippen LogP contribution in [0.2, 0.25) is 0 Å². The van der Waals surface area contributed by atoms with Gasteiger partial charge in [0.1, 0.15) is 17.4 Å². The molecular formula is C14H16F2N2O. The van der Waals surface area contributed by atoms with Gasteiger partial charge >= 0.3 is 0 Å². The van der Waals surface area contributed by atoms with Crippen molar-refractivity contribution < 1.29 is 13.3 Å². The fourth-order valence-electron chi connectivity index (χ4n) is 1.95. The topological polar surface area (TPSA) is 38.1 Å².